The molecule has 0 spiro atoms. The number of hydrogen-bond donors (Lipinski definition) is 1. The predicted molar refractivity (Wildman–Crippen MR) is 150 cm³/mol. The minimum Gasteiger partial charge on any atom is -0.497 e. The first-order valence-corrected chi connectivity index (χ1v) is 12.7. The second kappa shape index (κ2) is 12.5. The molecular formula is C29H32N2O6S. The Labute approximate surface area is 228 Å². The molecule has 1 aliphatic heterocycles. The van der Waals surface area contributed by atoms with Gasteiger partial charge in [0, 0.05) is 12.2 Å². The van der Waals surface area contributed by atoms with Gasteiger partial charge in [-0.05, 0) is 97.4 Å². The summed E-state index contributed by atoms with van der Waals surface area (Å²) in [5.41, 5.74) is 3.54. The van der Waals surface area contributed by atoms with Crippen molar-refractivity contribution in [1.82, 2.24) is 4.90 Å². The number of rotatable bonds is 9. The van der Waals surface area contributed by atoms with Crippen molar-refractivity contribution in [1.29, 1.82) is 0 Å². The van der Waals surface area contributed by atoms with Gasteiger partial charge in [0.2, 0.25) is 0 Å². The number of carbonyl (C=O) groups is 1. The maximum absolute atomic E-state index is 12.0. The highest BCUT2D eigenvalue weighted by Gasteiger charge is 2.31. The number of nitrogens with zero attached hydrogens (tertiary/aromatic N) is 1. The molecule has 0 fully saturated rings. The number of esters is 1. The quantitative estimate of drug-likeness (QED) is 0.291. The molecule has 3 aromatic rings. The fourth-order valence-electron chi connectivity index (χ4n) is 4.40. The monoisotopic (exact) mass is 536 g/mol. The van der Waals surface area contributed by atoms with E-state index in [9.17, 15) is 4.79 Å². The molecule has 1 unspecified atom stereocenters. The van der Waals surface area contributed by atoms with Gasteiger partial charge in [-0.15, -0.1) is 0 Å². The summed E-state index contributed by atoms with van der Waals surface area (Å²) < 4.78 is 27.7. The van der Waals surface area contributed by atoms with Crippen LogP contribution in [0.2, 0.25) is 0 Å². The molecule has 9 heteroatoms. The molecule has 0 bridgehead atoms. The van der Waals surface area contributed by atoms with Crippen LogP contribution in [0.1, 0.15) is 34.5 Å². The Kier molecular flexibility index (Phi) is 8.91. The van der Waals surface area contributed by atoms with Crippen LogP contribution in [0.4, 0.5) is 5.69 Å². The third kappa shape index (κ3) is 6.11. The van der Waals surface area contributed by atoms with Gasteiger partial charge in [-0.25, -0.2) is 4.79 Å². The van der Waals surface area contributed by atoms with Crippen LogP contribution in [0.15, 0.2) is 60.7 Å². The van der Waals surface area contributed by atoms with Gasteiger partial charge in [0.15, 0.2) is 16.6 Å². The van der Waals surface area contributed by atoms with E-state index in [0.717, 1.165) is 29.0 Å². The summed E-state index contributed by atoms with van der Waals surface area (Å²) in [6.45, 7) is 3.13. The zero-order valence-electron chi connectivity index (χ0n) is 22.0. The molecule has 1 N–H and O–H groups in total. The van der Waals surface area contributed by atoms with Crippen molar-refractivity contribution < 1.29 is 28.5 Å². The number of hydrogen-bond acceptors (Lipinski definition) is 7. The molecule has 1 aliphatic rings. The van der Waals surface area contributed by atoms with E-state index in [1.165, 1.54) is 0 Å². The highest BCUT2D eigenvalue weighted by atomic mass is 32.1. The lowest BCUT2D eigenvalue weighted by Crippen LogP contribution is -2.44. The van der Waals surface area contributed by atoms with Gasteiger partial charge >= 0.3 is 5.97 Å². The Morgan fingerprint density at radius 3 is 2.24 bits per heavy atom. The number of fused-ring (bicyclic) bond motifs is 1. The minimum absolute atomic E-state index is 0.193. The van der Waals surface area contributed by atoms with Crippen molar-refractivity contribution in [3.8, 4) is 23.0 Å². The molecule has 0 aromatic heterocycles. The van der Waals surface area contributed by atoms with Gasteiger partial charge in [0.1, 0.15) is 18.1 Å². The molecule has 8 nitrogen and oxygen atoms in total. The standard InChI is InChI=1S/C29H32N2O6S/c1-5-36-28(32)19-6-10-23(11-7-19)37-18-25-24-17-27(35-4)26(34-3)16-20(24)14-15-31(25)29(38)30-21-8-12-22(33-2)13-9-21/h6-13,16-17,25H,5,14-15,18H2,1-4H3,(H,30,38). The number of ether oxygens (including phenoxy) is 5. The third-order valence-corrected chi connectivity index (χ3v) is 6.71. The summed E-state index contributed by atoms with van der Waals surface area (Å²) in [4.78, 5) is 14.1. The van der Waals surface area contributed by atoms with Crippen molar-refractivity contribution in [2.45, 2.75) is 19.4 Å². The van der Waals surface area contributed by atoms with E-state index >= 15 is 0 Å². The van der Waals surface area contributed by atoms with Crippen molar-refractivity contribution in [2.24, 2.45) is 0 Å². The van der Waals surface area contributed by atoms with Crippen LogP contribution in [0.5, 0.6) is 23.0 Å². The minimum atomic E-state index is -0.359. The van der Waals surface area contributed by atoms with E-state index in [-0.39, 0.29) is 12.0 Å². The van der Waals surface area contributed by atoms with Gasteiger partial charge in [0.05, 0.1) is 39.5 Å². The van der Waals surface area contributed by atoms with E-state index in [0.29, 0.717) is 47.7 Å². The summed E-state index contributed by atoms with van der Waals surface area (Å²) in [5.74, 6) is 2.38. The zero-order chi connectivity index (χ0) is 27.1. The molecule has 0 saturated heterocycles. The van der Waals surface area contributed by atoms with Gasteiger partial charge in [-0.3, -0.25) is 0 Å². The Morgan fingerprint density at radius 1 is 0.947 bits per heavy atom. The maximum atomic E-state index is 12.0. The highest BCUT2D eigenvalue weighted by Crippen LogP contribution is 2.38. The molecule has 0 radical (unpaired) electrons. The van der Waals surface area contributed by atoms with Crippen molar-refractivity contribution in [3.63, 3.8) is 0 Å². The number of methoxy groups -OCH3 is 3. The summed E-state index contributed by atoms with van der Waals surface area (Å²) >= 11 is 5.86. The van der Waals surface area contributed by atoms with E-state index in [2.05, 4.69) is 10.2 Å². The predicted octanol–water partition coefficient (Wildman–Crippen LogP) is 5.26. The number of carbonyl (C=O) groups excluding carboxylic acids is 1. The van der Waals surface area contributed by atoms with E-state index in [1.807, 2.05) is 36.4 Å². The topological polar surface area (TPSA) is 78.5 Å². The number of nitrogens with one attached hydrogen (secondary N) is 1. The highest BCUT2D eigenvalue weighted by molar-refractivity contribution is 7.80. The first-order chi connectivity index (χ1) is 18.5. The molecule has 3 aromatic carbocycles. The van der Waals surface area contributed by atoms with Crippen LogP contribution >= 0.6 is 12.2 Å². The number of benzene rings is 3. The average Bonchev–Trinajstić information content (AvgIpc) is 2.95. The fourth-order valence-corrected chi connectivity index (χ4v) is 4.73. The smallest absolute Gasteiger partial charge is 0.338 e. The van der Waals surface area contributed by atoms with Crippen LogP contribution in [0.3, 0.4) is 0 Å². The molecular weight excluding hydrogens is 504 g/mol. The summed E-state index contributed by atoms with van der Waals surface area (Å²) in [6, 6.07) is 18.4. The molecule has 38 heavy (non-hydrogen) atoms. The van der Waals surface area contributed by atoms with Crippen molar-refractivity contribution in [2.75, 3.05) is 46.4 Å². The fraction of sp³-hybridized carbons (Fsp3) is 0.310. The first kappa shape index (κ1) is 27.1. The van der Waals surface area contributed by atoms with Crippen LogP contribution in [-0.4, -0.2) is 57.1 Å². The van der Waals surface area contributed by atoms with Crippen LogP contribution in [-0.2, 0) is 11.2 Å². The van der Waals surface area contributed by atoms with Crippen molar-refractivity contribution in [3.05, 3.63) is 77.4 Å². The summed E-state index contributed by atoms with van der Waals surface area (Å²) in [6.07, 6.45) is 0.783. The van der Waals surface area contributed by atoms with E-state index in [1.54, 1.807) is 52.5 Å². The molecule has 0 saturated carbocycles. The average molecular weight is 537 g/mol. The van der Waals surface area contributed by atoms with Gasteiger partial charge in [-0.2, -0.15) is 0 Å². The lowest BCUT2D eigenvalue weighted by Gasteiger charge is -2.39. The van der Waals surface area contributed by atoms with Gasteiger partial charge < -0.3 is 33.9 Å². The second-order valence-electron chi connectivity index (χ2n) is 8.58. The largest absolute Gasteiger partial charge is 0.497 e. The Hall–Kier alpha value is -3.98. The van der Waals surface area contributed by atoms with E-state index < -0.39 is 0 Å². The second-order valence-corrected chi connectivity index (χ2v) is 8.97. The van der Waals surface area contributed by atoms with Crippen molar-refractivity contribution >= 4 is 29.0 Å². The molecule has 200 valence electrons. The lowest BCUT2D eigenvalue weighted by atomic mass is 9.92. The molecule has 0 aliphatic carbocycles. The first-order valence-electron chi connectivity index (χ1n) is 12.3. The normalized spacial score (nSPS) is 14.2. The SMILES string of the molecule is CCOC(=O)c1ccc(OCC2c3cc(OC)c(OC)cc3CCN2C(=S)Nc2ccc(OC)cc2)cc1. The molecule has 1 atom stereocenters. The van der Waals surface area contributed by atoms with Crippen LogP contribution < -0.4 is 24.3 Å². The number of thiocarbonyl (C=S) groups is 1. The van der Waals surface area contributed by atoms with Crippen LogP contribution in [0, 0.1) is 0 Å². The summed E-state index contributed by atoms with van der Waals surface area (Å²) in [7, 11) is 4.89. The Morgan fingerprint density at radius 2 is 1.61 bits per heavy atom. The molecule has 1 heterocycles. The third-order valence-electron chi connectivity index (χ3n) is 6.38. The molecule has 0 amide bonds. The maximum Gasteiger partial charge on any atom is 0.338 e. The lowest BCUT2D eigenvalue weighted by molar-refractivity contribution is 0.0526. The zero-order valence-corrected chi connectivity index (χ0v) is 22.8. The van der Waals surface area contributed by atoms with Crippen LogP contribution in [0.25, 0.3) is 0 Å². The van der Waals surface area contributed by atoms with Gasteiger partial charge in [-0.1, -0.05) is 0 Å². The number of anilines is 1. The summed E-state index contributed by atoms with van der Waals surface area (Å²) in [5, 5.41) is 3.93. The molecule has 4 rings (SSSR count). The van der Waals surface area contributed by atoms with E-state index in [4.69, 9.17) is 35.9 Å². The van der Waals surface area contributed by atoms with Gasteiger partial charge in [0.25, 0.3) is 0 Å². The Bertz CT molecular complexity index is 1260. The Balaban J connectivity index is 1.58.